The van der Waals surface area contributed by atoms with Gasteiger partial charge in [-0.3, -0.25) is 4.79 Å². The molecule has 0 unspecified atom stereocenters. The van der Waals surface area contributed by atoms with Crippen molar-refractivity contribution in [3.05, 3.63) is 0 Å². The van der Waals surface area contributed by atoms with Crippen LogP contribution in [0.15, 0.2) is 0 Å². The van der Waals surface area contributed by atoms with Crippen LogP contribution in [0.5, 0.6) is 0 Å². The summed E-state index contributed by atoms with van der Waals surface area (Å²) in [6.07, 6.45) is 34.4. The summed E-state index contributed by atoms with van der Waals surface area (Å²) in [5, 5.41) is 10.2. The molecule has 1 fully saturated rings. The highest BCUT2D eigenvalue weighted by molar-refractivity contribution is 6.74. The number of esters is 1. The molecule has 0 aliphatic carbocycles. The highest BCUT2D eigenvalue weighted by Gasteiger charge is 2.41. The molecule has 1 heterocycles. The largest absolute Gasteiger partial charge is 0.461 e. The Balaban J connectivity index is 0.000000923. The van der Waals surface area contributed by atoms with Crippen molar-refractivity contribution in [1.82, 2.24) is 0 Å². The molecule has 0 aromatic carbocycles. The van der Waals surface area contributed by atoms with Crippen LogP contribution >= 0.6 is 0 Å². The lowest BCUT2D eigenvalue weighted by Crippen LogP contribution is -2.46. The number of hydrogen-bond donors (Lipinski definition) is 1. The van der Waals surface area contributed by atoms with Gasteiger partial charge < -0.3 is 19.1 Å². The lowest BCUT2D eigenvalue weighted by atomic mass is 9.89. The Morgan fingerprint density at radius 1 is 0.708 bits per heavy atom. The van der Waals surface area contributed by atoms with Crippen LogP contribution in [0.2, 0.25) is 18.1 Å². The molecule has 1 aliphatic heterocycles. The van der Waals surface area contributed by atoms with Crippen LogP contribution in [0, 0.1) is 5.92 Å². The van der Waals surface area contributed by atoms with Gasteiger partial charge in [-0.25, -0.2) is 0 Å². The third kappa shape index (κ3) is 24.4. The number of cyclic esters (lactones) is 1. The number of aliphatic hydroxyl groups excluding tert-OH is 1. The van der Waals surface area contributed by atoms with E-state index in [0.717, 1.165) is 32.0 Å². The molecule has 1 rings (SSSR count). The van der Waals surface area contributed by atoms with Crippen molar-refractivity contribution < 1.29 is 23.9 Å². The number of hydrogen-bond acceptors (Lipinski definition) is 5. The van der Waals surface area contributed by atoms with Gasteiger partial charge in [-0.1, -0.05) is 183 Å². The standard InChI is InChI=1S/C22H46O2Si.C20H38O3/c1-7-8-9-10-11-12-13-14-15-16-17-18-21(19-20-23)24-25(5,6)22(2,3)4;1-3-5-6-7-8-9-10-11-12-13-14-15-17(21)16-19-18(4-2)20(22)23-19/h20-21H,7-19H2,1-6H3;17-19,21H,3-16H2,1-2H3/t21-;17-,18+,19+/m01/s1. The van der Waals surface area contributed by atoms with Crippen molar-refractivity contribution in [3.8, 4) is 0 Å². The second-order valence-electron chi connectivity index (χ2n) is 16.4. The molecular weight excluding hydrogens is 613 g/mol. The second-order valence-corrected chi connectivity index (χ2v) is 21.2. The molecule has 1 saturated heterocycles. The van der Waals surface area contributed by atoms with Gasteiger partial charge in [0.25, 0.3) is 0 Å². The lowest BCUT2D eigenvalue weighted by molar-refractivity contribution is -0.188. The summed E-state index contributed by atoms with van der Waals surface area (Å²) < 4.78 is 11.6. The van der Waals surface area contributed by atoms with E-state index in [0.29, 0.717) is 12.8 Å². The summed E-state index contributed by atoms with van der Waals surface area (Å²) >= 11 is 0. The first kappa shape index (κ1) is 47.3. The van der Waals surface area contributed by atoms with Crippen LogP contribution in [0.3, 0.4) is 0 Å². The second kappa shape index (κ2) is 30.0. The number of rotatable bonds is 31. The van der Waals surface area contributed by atoms with E-state index in [1.54, 1.807) is 0 Å². The predicted molar refractivity (Wildman–Crippen MR) is 209 cm³/mol. The summed E-state index contributed by atoms with van der Waals surface area (Å²) in [5.74, 6) is -0.0543. The zero-order valence-corrected chi connectivity index (χ0v) is 34.6. The maximum atomic E-state index is 11.2. The van der Waals surface area contributed by atoms with Gasteiger partial charge in [0, 0.05) is 12.8 Å². The van der Waals surface area contributed by atoms with Crippen LogP contribution in [0.4, 0.5) is 0 Å². The summed E-state index contributed by atoms with van der Waals surface area (Å²) in [4.78, 5) is 22.2. The first-order valence-corrected chi connectivity index (χ1v) is 23.8. The number of aliphatic hydroxyl groups is 1. The van der Waals surface area contributed by atoms with Crippen LogP contribution in [0.25, 0.3) is 0 Å². The number of unbranched alkanes of at least 4 members (excludes halogenated alkanes) is 20. The molecule has 1 aliphatic rings. The third-order valence-electron chi connectivity index (χ3n) is 10.9. The van der Waals surface area contributed by atoms with Gasteiger partial charge in [-0.05, 0) is 37.4 Å². The van der Waals surface area contributed by atoms with Crippen LogP contribution in [-0.2, 0) is 18.8 Å². The van der Waals surface area contributed by atoms with E-state index < -0.39 is 8.32 Å². The quantitative estimate of drug-likeness (QED) is 0.0338. The Labute approximate surface area is 301 Å². The maximum absolute atomic E-state index is 11.2. The van der Waals surface area contributed by atoms with E-state index in [1.807, 2.05) is 6.92 Å². The minimum Gasteiger partial charge on any atom is -0.461 e. The first-order chi connectivity index (χ1) is 22.9. The molecule has 48 heavy (non-hydrogen) atoms. The maximum Gasteiger partial charge on any atom is 0.313 e. The molecule has 4 atom stereocenters. The Kier molecular flexibility index (Phi) is 29.5. The first-order valence-electron chi connectivity index (χ1n) is 20.9. The van der Waals surface area contributed by atoms with Crippen LogP contribution in [0.1, 0.15) is 215 Å². The topological polar surface area (TPSA) is 72.8 Å². The molecular formula is C42H84O5Si. The number of carbonyl (C=O) groups is 2. The smallest absolute Gasteiger partial charge is 0.313 e. The highest BCUT2D eigenvalue weighted by atomic mass is 28.4. The molecule has 0 bridgehead atoms. The molecule has 0 saturated carbocycles. The third-order valence-corrected chi connectivity index (χ3v) is 15.4. The molecule has 0 amide bonds. The fraction of sp³-hybridized carbons (Fsp3) is 0.952. The van der Waals surface area contributed by atoms with Crippen molar-refractivity contribution in [2.24, 2.45) is 5.92 Å². The van der Waals surface area contributed by atoms with Gasteiger partial charge in [-0.15, -0.1) is 0 Å². The molecule has 6 heteroatoms. The van der Waals surface area contributed by atoms with Crippen molar-refractivity contribution in [1.29, 1.82) is 0 Å². The Hall–Kier alpha value is -0.723. The van der Waals surface area contributed by atoms with E-state index in [2.05, 4.69) is 47.7 Å². The molecule has 0 aromatic heterocycles. The Morgan fingerprint density at radius 3 is 1.46 bits per heavy atom. The zero-order chi connectivity index (χ0) is 36.1. The zero-order valence-electron chi connectivity index (χ0n) is 33.6. The average Bonchev–Trinajstić information content (AvgIpc) is 3.02. The van der Waals surface area contributed by atoms with E-state index in [1.165, 1.54) is 135 Å². The molecule has 0 spiro atoms. The molecule has 5 nitrogen and oxygen atoms in total. The lowest BCUT2D eigenvalue weighted by Gasteiger charge is -2.39. The van der Waals surface area contributed by atoms with Gasteiger partial charge >= 0.3 is 5.97 Å². The van der Waals surface area contributed by atoms with E-state index in [-0.39, 0.29) is 35.2 Å². The van der Waals surface area contributed by atoms with E-state index in [9.17, 15) is 14.7 Å². The molecule has 1 N–H and O–H groups in total. The molecule has 0 radical (unpaired) electrons. The Bertz CT molecular complexity index is 749. The van der Waals surface area contributed by atoms with E-state index in [4.69, 9.17) is 9.16 Å². The Morgan fingerprint density at radius 2 is 1.10 bits per heavy atom. The van der Waals surface area contributed by atoms with Gasteiger partial charge in [0.1, 0.15) is 12.4 Å². The van der Waals surface area contributed by atoms with Crippen molar-refractivity contribution in [2.45, 2.75) is 251 Å². The normalized spacial score (nSPS) is 17.6. The van der Waals surface area contributed by atoms with Gasteiger partial charge in [-0.2, -0.15) is 0 Å². The highest BCUT2D eigenvalue weighted by Crippen LogP contribution is 2.38. The average molecular weight is 697 g/mol. The summed E-state index contributed by atoms with van der Waals surface area (Å²) in [6.45, 7) is 17.9. The minimum absolute atomic E-state index is 0.0296. The van der Waals surface area contributed by atoms with Crippen molar-refractivity contribution in [3.63, 3.8) is 0 Å². The van der Waals surface area contributed by atoms with Crippen LogP contribution in [-0.4, -0.2) is 44.0 Å². The molecule has 0 aromatic rings. The van der Waals surface area contributed by atoms with Crippen molar-refractivity contribution >= 4 is 20.6 Å². The van der Waals surface area contributed by atoms with Crippen molar-refractivity contribution in [2.75, 3.05) is 0 Å². The fourth-order valence-electron chi connectivity index (χ4n) is 6.43. The number of ether oxygens (including phenoxy) is 1. The summed E-state index contributed by atoms with van der Waals surface area (Å²) in [5.41, 5.74) is 0. The summed E-state index contributed by atoms with van der Waals surface area (Å²) in [6, 6.07) is 0. The fourth-order valence-corrected chi connectivity index (χ4v) is 7.83. The number of carbonyl (C=O) groups excluding carboxylic acids is 2. The van der Waals surface area contributed by atoms with Crippen LogP contribution < -0.4 is 0 Å². The summed E-state index contributed by atoms with van der Waals surface area (Å²) in [7, 11) is -1.76. The SMILES string of the molecule is CCCCCCCCCCCCC[C@@H](CC=O)O[Si](C)(C)C(C)(C)C.CCCCCCCCCCCCC[C@@H](O)C[C@@H]1OC(=O)[C@H]1CC. The van der Waals surface area contributed by atoms with E-state index >= 15 is 0 Å². The van der Waals surface area contributed by atoms with Gasteiger partial charge in [0.15, 0.2) is 8.32 Å². The monoisotopic (exact) mass is 697 g/mol. The molecule has 286 valence electrons. The van der Waals surface area contributed by atoms with Gasteiger partial charge in [0.2, 0.25) is 0 Å². The minimum atomic E-state index is -1.76. The van der Waals surface area contributed by atoms with Gasteiger partial charge in [0.05, 0.1) is 18.1 Å². The number of aldehydes is 1. The predicted octanol–water partition coefficient (Wildman–Crippen LogP) is 13.1.